The largest absolute Gasteiger partial charge is 0.495 e. The third kappa shape index (κ3) is 4.49. The number of carbonyl (C=O) groups is 2. The van der Waals surface area contributed by atoms with Gasteiger partial charge in [-0.2, -0.15) is 5.10 Å². The second-order valence-electron chi connectivity index (χ2n) is 7.82. The number of nitrogens with one attached hydrogen (secondary N) is 2. The van der Waals surface area contributed by atoms with E-state index in [1.54, 1.807) is 28.9 Å². The Kier molecular flexibility index (Phi) is 6.10. The van der Waals surface area contributed by atoms with Gasteiger partial charge in [-0.05, 0) is 42.5 Å². The van der Waals surface area contributed by atoms with Crippen LogP contribution in [0.5, 0.6) is 5.75 Å². The van der Waals surface area contributed by atoms with Crippen LogP contribution in [0.15, 0.2) is 91.3 Å². The molecule has 36 heavy (non-hydrogen) atoms. The summed E-state index contributed by atoms with van der Waals surface area (Å²) in [6.45, 7) is 0. The van der Waals surface area contributed by atoms with Crippen LogP contribution in [0, 0.1) is 5.82 Å². The number of ether oxygens (including phenoxy) is 1. The molecule has 5 aromatic rings. The zero-order valence-corrected chi connectivity index (χ0v) is 19.1. The lowest BCUT2D eigenvalue weighted by molar-refractivity contribution is 0.101. The van der Waals surface area contributed by atoms with Crippen LogP contribution in [0.3, 0.4) is 0 Å². The summed E-state index contributed by atoms with van der Waals surface area (Å²) in [6.07, 6.45) is 3.09. The molecular formula is C27H20FN5O3. The van der Waals surface area contributed by atoms with E-state index in [4.69, 9.17) is 4.74 Å². The topological polar surface area (TPSA) is 97.6 Å². The lowest BCUT2D eigenvalue weighted by Gasteiger charge is -2.13. The average molecular weight is 481 g/mol. The highest BCUT2D eigenvalue weighted by Gasteiger charge is 2.18. The van der Waals surface area contributed by atoms with Crippen LogP contribution in [0.2, 0.25) is 0 Å². The van der Waals surface area contributed by atoms with Gasteiger partial charge in [-0.1, -0.05) is 36.4 Å². The van der Waals surface area contributed by atoms with Crippen molar-refractivity contribution in [1.82, 2.24) is 14.6 Å². The average Bonchev–Trinajstić information content (AvgIpc) is 3.34. The molecule has 0 fully saturated rings. The van der Waals surface area contributed by atoms with Gasteiger partial charge in [0.25, 0.3) is 11.8 Å². The molecule has 0 radical (unpaired) electrons. The van der Waals surface area contributed by atoms with Gasteiger partial charge in [-0.25, -0.2) is 13.9 Å². The Morgan fingerprint density at radius 2 is 1.75 bits per heavy atom. The highest BCUT2D eigenvalue weighted by molar-refractivity contribution is 6.09. The molecule has 2 N–H and O–H groups in total. The third-order valence-corrected chi connectivity index (χ3v) is 5.51. The summed E-state index contributed by atoms with van der Waals surface area (Å²) in [5, 5.41) is 9.88. The Labute approximate surface area is 205 Å². The first-order valence-corrected chi connectivity index (χ1v) is 11.0. The molecule has 0 saturated heterocycles. The summed E-state index contributed by atoms with van der Waals surface area (Å²) in [7, 11) is 1.46. The van der Waals surface area contributed by atoms with E-state index in [1.807, 2.05) is 36.4 Å². The molecule has 0 aliphatic carbocycles. The molecule has 9 heteroatoms. The second kappa shape index (κ2) is 9.67. The van der Waals surface area contributed by atoms with Crippen molar-refractivity contribution in [2.24, 2.45) is 0 Å². The number of anilines is 2. The van der Waals surface area contributed by atoms with Crippen LogP contribution in [-0.2, 0) is 0 Å². The predicted octanol–water partition coefficient (Wildman–Crippen LogP) is 5.05. The van der Waals surface area contributed by atoms with Crippen LogP contribution in [0.4, 0.5) is 15.8 Å². The number of methoxy groups -OCH3 is 1. The van der Waals surface area contributed by atoms with Gasteiger partial charge >= 0.3 is 0 Å². The normalized spacial score (nSPS) is 10.7. The number of benzene rings is 3. The lowest BCUT2D eigenvalue weighted by atomic mass is 10.1. The van der Waals surface area contributed by atoms with E-state index in [-0.39, 0.29) is 11.1 Å². The van der Waals surface area contributed by atoms with Gasteiger partial charge in [0, 0.05) is 23.0 Å². The molecule has 5 rings (SSSR count). The number of halogens is 1. The summed E-state index contributed by atoms with van der Waals surface area (Å²) >= 11 is 0. The number of aromatic nitrogens is 3. The summed E-state index contributed by atoms with van der Waals surface area (Å²) in [5.74, 6) is -1.08. The lowest BCUT2D eigenvalue weighted by Crippen LogP contribution is -2.15. The van der Waals surface area contributed by atoms with Crippen LogP contribution < -0.4 is 15.4 Å². The standard InChI is InChI=1S/C27H20FN5O3/c1-36-24-11-10-20(15-22(24)32-26(34)18-8-5-9-19(28)14-18)31-27(35)21-16-30-33-23(12-13-29-25(21)33)17-6-3-2-4-7-17/h2-16H,1H3,(H,31,35)(H,32,34). The van der Waals surface area contributed by atoms with E-state index >= 15 is 0 Å². The maximum atomic E-state index is 13.5. The summed E-state index contributed by atoms with van der Waals surface area (Å²) in [5.41, 5.74) is 3.30. The van der Waals surface area contributed by atoms with Gasteiger partial charge < -0.3 is 15.4 Å². The molecule has 0 spiro atoms. The fourth-order valence-corrected chi connectivity index (χ4v) is 3.79. The summed E-state index contributed by atoms with van der Waals surface area (Å²) in [6, 6.07) is 21.7. The Balaban J connectivity index is 1.41. The number of amides is 2. The second-order valence-corrected chi connectivity index (χ2v) is 7.82. The van der Waals surface area contributed by atoms with Gasteiger partial charge in [0.1, 0.15) is 17.1 Å². The van der Waals surface area contributed by atoms with Crippen molar-refractivity contribution in [3.8, 4) is 17.0 Å². The van der Waals surface area contributed by atoms with Gasteiger partial charge in [-0.15, -0.1) is 0 Å². The minimum Gasteiger partial charge on any atom is -0.495 e. The van der Waals surface area contributed by atoms with E-state index < -0.39 is 17.6 Å². The Morgan fingerprint density at radius 1 is 0.917 bits per heavy atom. The van der Waals surface area contributed by atoms with Crippen LogP contribution in [0.1, 0.15) is 20.7 Å². The molecule has 2 heterocycles. The van der Waals surface area contributed by atoms with Crippen LogP contribution in [0.25, 0.3) is 16.9 Å². The number of hydrogen-bond donors (Lipinski definition) is 2. The van der Waals surface area contributed by atoms with Crippen molar-refractivity contribution in [3.63, 3.8) is 0 Å². The maximum Gasteiger partial charge on any atom is 0.261 e. The highest BCUT2D eigenvalue weighted by atomic mass is 19.1. The molecule has 3 aromatic carbocycles. The zero-order valence-electron chi connectivity index (χ0n) is 19.1. The van der Waals surface area contributed by atoms with Crippen molar-refractivity contribution >= 4 is 28.8 Å². The van der Waals surface area contributed by atoms with Crippen molar-refractivity contribution in [1.29, 1.82) is 0 Å². The Morgan fingerprint density at radius 3 is 2.53 bits per heavy atom. The van der Waals surface area contributed by atoms with Gasteiger partial charge in [0.15, 0.2) is 5.65 Å². The van der Waals surface area contributed by atoms with Gasteiger partial charge in [0.05, 0.1) is 24.7 Å². The number of hydrogen-bond acceptors (Lipinski definition) is 5. The van der Waals surface area contributed by atoms with Gasteiger partial charge in [-0.3, -0.25) is 9.59 Å². The van der Waals surface area contributed by atoms with E-state index in [0.717, 1.165) is 17.3 Å². The molecule has 178 valence electrons. The van der Waals surface area contributed by atoms with Crippen molar-refractivity contribution < 1.29 is 18.7 Å². The van der Waals surface area contributed by atoms with Crippen LogP contribution >= 0.6 is 0 Å². The number of nitrogens with zero attached hydrogens (tertiary/aromatic N) is 3. The molecule has 2 amide bonds. The SMILES string of the molecule is COc1ccc(NC(=O)c2cnn3c(-c4ccccc4)ccnc23)cc1NC(=O)c1cccc(F)c1. The van der Waals surface area contributed by atoms with Crippen molar-refractivity contribution in [2.45, 2.75) is 0 Å². The minimum atomic E-state index is -0.520. The fourth-order valence-electron chi connectivity index (χ4n) is 3.79. The van der Waals surface area contributed by atoms with Crippen molar-refractivity contribution in [3.05, 3.63) is 108 Å². The van der Waals surface area contributed by atoms with E-state index in [2.05, 4.69) is 20.7 Å². The molecule has 0 atom stereocenters. The van der Waals surface area contributed by atoms with Gasteiger partial charge in [0.2, 0.25) is 0 Å². The molecule has 0 unspecified atom stereocenters. The maximum absolute atomic E-state index is 13.5. The van der Waals surface area contributed by atoms with Crippen molar-refractivity contribution in [2.75, 3.05) is 17.7 Å². The molecule has 0 aliphatic heterocycles. The smallest absolute Gasteiger partial charge is 0.261 e. The first kappa shape index (κ1) is 22.7. The van der Waals surface area contributed by atoms with E-state index in [0.29, 0.717) is 22.8 Å². The first-order chi connectivity index (χ1) is 17.5. The highest BCUT2D eigenvalue weighted by Crippen LogP contribution is 2.29. The molecule has 8 nitrogen and oxygen atoms in total. The number of rotatable bonds is 6. The number of fused-ring (bicyclic) bond motifs is 1. The minimum absolute atomic E-state index is 0.151. The molecule has 0 aliphatic rings. The molecule has 0 bridgehead atoms. The van der Waals surface area contributed by atoms with E-state index in [1.165, 1.54) is 31.5 Å². The zero-order chi connectivity index (χ0) is 25.1. The Bertz CT molecular complexity index is 1580. The molecular weight excluding hydrogens is 461 g/mol. The summed E-state index contributed by atoms with van der Waals surface area (Å²) < 4.78 is 20.5. The monoisotopic (exact) mass is 481 g/mol. The third-order valence-electron chi connectivity index (χ3n) is 5.51. The number of carbonyl (C=O) groups excluding carboxylic acids is 2. The van der Waals surface area contributed by atoms with Crippen LogP contribution in [-0.4, -0.2) is 33.5 Å². The first-order valence-electron chi connectivity index (χ1n) is 11.0. The van der Waals surface area contributed by atoms with E-state index in [9.17, 15) is 14.0 Å². The molecule has 2 aromatic heterocycles. The Hall–Kier alpha value is -5.05. The quantitative estimate of drug-likeness (QED) is 0.354. The molecule has 0 saturated carbocycles. The predicted molar refractivity (Wildman–Crippen MR) is 134 cm³/mol. The summed E-state index contributed by atoms with van der Waals surface area (Å²) in [4.78, 5) is 30.1. The fraction of sp³-hybridized carbons (Fsp3) is 0.0370.